The number of nitrogens with two attached hydrogens (primary N) is 1. The lowest BCUT2D eigenvalue weighted by molar-refractivity contribution is -0.137. The number of nitrogens with zero attached hydrogens (tertiary/aromatic N) is 1. The number of hydrogen-bond donors (Lipinski definition) is 1. The lowest BCUT2D eigenvalue weighted by Crippen LogP contribution is -2.19. The number of alkyl halides is 3. The molecule has 5 heteroatoms. The van der Waals surface area contributed by atoms with Gasteiger partial charge in [0.25, 0.3) is 0 Å². The standard InChI is InChI=1S/C16H15F3N2/c1-10-7-13(15(20)5-6-15)9-21-14(10)11-3-2-4-12(8-11)16(17,18)19/h2-4,7-9H,5-6,20H2,1H3. The van der Waals surface area contributed by atoms with E-state index in [-0.39, 0.29) is 5.54 Å². The second-order valence-electron chi connectivity index (χ2n) is 5.62. The van der Waals surface area contributed by atoms with Gasteiger partial charge in [0.2, 0.25) is 0 Å². The van der Waals surface area contributed by atoms with Crippen LogP contribution in [0.5, 0.6) is 0 Å². The lowest BCUT2D eigenvalue weighted by atomic mass is 10.00. The van der Waals surface area contributed by atoms with Crippen LogP contribution in [0.15, 0.2) is 36.5 Å². The van der Waals surface area contributed by atoms with E-state index in [4.69, 9.17) is 5.73 Å². The van der Waals surface area contributed by atoms with E-state index in [2.05, 4.69) is 4.98 Å². The molecule has 0 aliphatic heterocycles. The summed E-state index contributed by atoms with van der Waals surface area (Å²) in [4.78, 5) is 4.33. The number of pyridine rings is 1. The zero-order valence-electron chi connectivity index (χ0n) is 11.5. The quantitative estimate of drug-likeness (QED) is 0.907. The largest absolute Gasteiger partial charge is 0.416 e. The van der Waals surface area contributed by atoms with E-state index in [0.717, 1.165) is 36.1 Å². The molecular formula is C16H15F3N2. The topological polar surface area (TPSA) is 38.9 Å². The van der Waals surface area contributed by atoms with Gasteiger partial charge in [-0.2, -0.15) is 13.2 Å². The second kappa shape index (κ2) is 4.56. The monoisotopic (exact) mass is 292 g/mol. The van der Waals surface area contributed by atoms with Crippen LogP contribution in [0.25, 0.3) is 11.3 Å². The van der Waals surface area contributed by atoms with Crippen LogP contribution in [0.3, 0.4) is 0 Å². The van der Waals surface area contributed by atoms with Crippen LogP contribution in [0, 0.1) is 6.92 Å². The van der Waals surface area contributed by atoms with Crippen LogP contribution in [-0.2, 0) is 11.7 Å². The first-order valence-electron chi connectivity index (χ1n) is 6.73. The summed E-state index contributed by atoms with van der Waals surface area (Å²) in [6.45, 7) is 1.85. The molecule has 2 nitrogen and oxygen atoms in total. The third-order valence-electron chi connectivity index (χ3n) is 3.91. The Morgan fingerprint density at radius 3 is 2.48 bits per heavy atom. The molecule has 1 fully saturated rings. The minimum atomic E-state index is -4.35. The van der Waals surface area contributed by atoms with Gasteiger partial charge in [0.05, 0.1) is 11.3 Å². The first-order chi connectivity index (χ1) is 9.79. The molecule has 2 N–H and O–H groups in total. The summed E-state index contributed by atoms with van der Waals surface area (Å²) in [6.07, 6.45) is -0.817. The highest BCUT2D eigenvalue weighted by atomic mass is 19.4. The molecule has 21 heavy (non-hydrogen) atoms. The lowest BCUT2D eigenvalue weighted by Gasteiger charge is -2.13. The Labute approximate surface area is 120 Å². The highest BCUT2D eigenvalue weighted by Gasteiger charge is 2.40. The van der Waals surface area contributed by atoms with E-state index in [1.165, 1.54) is 6.07 Å². The summed E-state index contributed by atoms with van der Waals surface area (Å²) in [6, 6.07) is 7.16. The molecule has 110 valence electrons. The van der Waals surface area contributed by atoms with E-state index >= 15 is 0 Å². The van der Waals surface area contributed by atoms with Gasteiger partial charge in [-0.25, -0.2) is 0 Å². The molecule has 1 aromatic carbocycles. The predicted octanol–water partition coefficient (Wildman–Crippen LogP) is 4.02. The third-order valence-corrected chi connectivity index (χ3v) is 3.91. The summed E-state index contributed by atoms with van der Waals surface area (Å²) >= 11 is 0. The molecule has 0 amide bonds. The first-order valence-corrected chi connectivity index (χ1v) is 6.73. The Morgan fingerprint density at radius 2 is 1.90 bits per heavy atom. The molecule has 0 bridgehead atoms. The van der Waals surface area contributed by atoms with Crippen LogP contribution < -0.4 is 5.73 Å². The molecule has 0 unspecified atom stereocenters. The summed E-state index contributed by atoms with van der Waals surface area (Å²) in [7, 11) is 0. The van der Waals surface area contributed by atoms with Crippen molar-refractivity contribution in [3.8, 4) is 11.3 Å². The molecule has 3 rings (SSSR count). The van der Waals surface area contributed by atoms with Gasteiger partial charge in [0, 0.05) is 17.3 Å². The molecule has 0 saturated heterocycles. The molecule has 1 saturated carbocycles. The molecule has 2 aromatic rings. The fourth-order valence-corrected chi connectivity index (χ4v) is 2.42. The first kappa shape index (κ1) is 14.1. The van der Waals surface area contributed by atoms with Crippen molar-refractivity contribution in [3.05, 3.63) is 53.2 Å². The Balaban J connectivity index is 2.01. The summed E-state index contributed by atoms with van der Waals surface area (Å²) < 4.78 is 38.3. The van der Waals surface area contributed by atoms with Gasteiger partial charge in [0.15, 0.2) is 0 Å². The minimum Gasteiger partial charge on any atom is -0.321 e. The fourth-order valence-electron chi connectivity index (χ4n) is 2.42. The van der Waals surface area contributed by atoms with Gasteiger partial charge < -0.3 is 5.73 Å². The van der Waals surface area contributed by atoms with Crippen molar-refractivity contribution in [2.45, 2.75) is 31.5 Å². The van der Waals surface area contributed by atoms with E-state index in [0.29, 0.717) is 11.3 Å². The van der Waals surface area contributed by atoms with Crippen molar-refractivity contribution >= 4 is 0 Å². The van der Waals surface area contributed by atoms with E-state index in [9.17, 15) is 13.2 Å². The predicted molar refractivity (Wildman–Crippen MR) is 74.5 cm³/mol. The minimum absolute atomic E-state index is 0.288. The summed E-state index contributed by atoms with van der Waals surface area (Å²) in [5.74, 6) is 0. The second-order valence-corrected chi connectivity index (χ2v) is 5.62. The highest BCUT2D eigenvalue weighted by Crippen LogP contribution is 2.43. The average molecular weight is 292 g/mol. The van der Waals surface area contributed by atoms with Crippen LogP contribution in [-0.4, -0.2) is 4.98 Å². The molecule has 1 aromatic heterocycles. The molecule has 0 radical (unpaired) electrons. The normalized spacial score (nSPS) is 16.8. The number of halogens is 3. The maximum atomic E-state index is 12.8. The Hall–Kier alpha value is -1.88. The van der Waals surface area contributed by atoms with Crippen molar-refractivity contribution < 1.29 is 13.2 Å². The van der Waals surface area contributed by atoms with Crippen LogP contribution >= 0.6 is 0 Å². The van der Waals surface area contributed by atoms with Crippen LogP contribution in [0.4, 0.5) is 13.2 Å². The number of benzene rings is 1. The fraction of sp³-hybridized carbons (Fsp3) is 0.312. The third kappa shape index (κ3) is 2.65. The number of rotatable bonds is 2. The highest BCUT2D eigenvalue weighted by molar-refractivity contribution is 5.64. The number of aryl methyl sites for hydroxylation is 1. The van der Waals surface area contributed by atoms with Gasteiger partial charge in [-0.1, -0.05) is 18.2 Å². The van der Waals surface area contributed by atoms with Crippen LogP contribution in [0.2, 0.25) is 0 Å². The zero-order chi connectivity index (χ0) is 15.3. The van der Waals surface area contributed by atoms with E-state index in [1.807, 2.05) is 13.0 Å². The molecular weight excluding hydrogens is 277 g/mol. The van der Waals surface area contributed by atoms with Crippen molar-refractivity contribution in [1.82, 2.24) is 4.98 Å². The van der Waals surface area contributed by atoms with Gasteiger partial charge >= 0.3 is 6.18 Å². The van der Waals surface area contributed by atoms with Crippen LogP contribution in [0.1, 0.15) is 29.5 Å². The van der Waals surface area contributed by atoms with E-state index < -0.39 is 11.7 Å². The smallest absolute Gasteiger partial charge is 0.321 e. The Bertz CT molecular complexity index is 688. The van der Waals surface area contributed by atoms with Gasteiger partial charge in [0.1, 0.15) is 0 Å². The Kier molecular flexibility index (Phi) is 3.06. The van der Waals surface area contributed by atoms with Crippen molar-refractivity contribution in [2.75, 3.05) is 0 Å². The Morgan fingerprint density at radius 1 is 1.19 bits per heavy atom. The summed E-state index contributed by atoms with van der Waals surface area (Å²) in [5, 5.41) is 0. The van der Waals surface area contributed by atoms with Crippen molar-refractivity contribution in [2.24, 2.45) is 5.73 Å². The molecule has 0 spiro atoms. The maximum absolute atomic E-state index is 12.8. The van der Waals surface area contributed by atoms with Gasteiger partial charge in [-0.15, -0.1) is 0 Å². The van der Waals surface area contributed by atoms with Crippen molar-refractivity contribution in [3.63, 3.8) is 0 Å². The molecule has 1 aliphatic rings. The molecule has 1 aliphatic carbocycles. The maximum Gasteiger partial charge on any atom is 0.416 e. The number of hydrogen-bond acceptors (Lipinski definition) is 2. The molecule has 1 heterocycles. The van der Waals surface area contributed by atoms with Gasteiger partial charge in [-0.3, -0.25) is 4.98 Å². The van der Waals surface area contributed by atoms with Crippen molar-refractivity contribution in [1.29, 1.82) is 0 Å². The number of aromatic nitrogens is 1. The van der Waals surface area contributed by atoms with Gasteiger partial charge in [-0.05, 0) is 43.0 Å². The summed E-state index contributed by atoms with van der Waals surface area (Å²) in [5.41, 5.74) is 7.99. The molecule has 0 atom stereocenters. The zero-order valence-corrected chi connectivity index (χ0v) is 11.5. The SMILES string of the molecule is Cc1cc(C2(N)CC2)cnc1-c1cccc(C(F)(F)F)c1. The average Bonchev–Trinajstić information content (AvgIpc) is 3.17. The van der Waals surface area contributed by atoms with E-state index in [1.54, 1.807) is 12.3 Å².